The smallest absolute Gasteiger partial charge is 0.169 e. The van der Waals surface area contributed by atoms with Crippen molar-refractivity contribution < 1.29 is 9.47 Å². The number of ether oxygens (including phenoxy) is 2. The largest absolute Gasteiger partial charge is 0.347 e. The van der Waals surface area contributed by atoms with Crippen molar-refractivity contribution in [3.05, 3.63) is 0 Å². The highest BCUT2D eigenvalue weighted by atomic mass is 32.2. The van der Waals surface area contributed by atoms with Crippen molar-refractivity contribution in [1.82, 2.24) is 5.32 Å². The fourth-order valence-corrected chi connectivity index (χ4v) is 4.47. The maximum absolute atomic E-state index is 5.87. The summed E-state index contributed by atoms with van der Waals surface area (Å²) >= 11 is 2.10. The van der Waals surface area contributed by atoms with Gasteiger partial charge in [0.25, 0.3) is 0 Å². The third kappa shape index (κ3) is 3.41. The van der Waals surface area contributed by atoms with Crippen LogP contribution in [0.4, 0.5) is 0 Å². The second-order valence-electron chi connectivity index (χ2n) is 5.63. The average Bonchev–Trinajstić information content (AvgIpc) is 2.84. The Bertz CT molecular complexity index is 256. The number of hydrogen-bond acceptors (Lipinski definition) is 4. The minimum absolute atomic E-state index is 0.250. The zero-order chi connectivity index (χ0) is 13.0. The Morgan fingerprint density at radius 3 is 2.72 bits per heavy atom. The standard InChI is InChI=1S/C14H27NO2S/c1-4-11(2)10-18-13-9-14(16-7-8-17-14)6-5-12(13)15-3/h11-13,15H,4-10H2,1-3H3. The number of hydrogen-bond donors (Lipinski definition) is 1. The molecule has 1 N–H and O–H groups in total. The molecule has 0 bridgehead atoms. The van der Waals surface area contributed by atoms with E-state index in [0.29, 0.717) is 11.3 Å². The third-order valence-electron chi connectivity index (χ3n) is 4.27. The van der Waals surface area contributed by atoms with Crippen molar-refractivity contribution in [2.24, 2.45) is 5.92 Å². The molecule has 3 nitrogen and oxygen atoms in total. The zero-order valence-corrected chi connectivity index (χ0v) is 12.7. The van der Waals surface area contributed by atoms with Gasteiger partial charge in [0.2, 0.25) is 0 Å². The molecule has 3 unspecified atom stereocenters. The fraction of sp³-hybridized carbons (Fsp3) is 1.00. The Hall–Kier alpha value is 0.230. The lowest BCUT2D eigenvalue weighted by Gasteiger charge is -2.41. The zero-order valence-electron chi connectivity index (χ0n) is 11.9. The summed E-state index contributed by atoms with van der Waals surface area (Å²) in [5, 5.41) is 4.09. The highest BCUT2D eigenvalue weighted by molar-refractivity contribution is 7.99. The molecule has 0 aromatic rings. The fourth-order valence-electron chi connectivity index (χ4n) is 2.78. The van der Waals surface area contributed by atoms with Gasteiger partial charge in [0.1, 0.15) is 0 Å². The first-order valence-electron chi connectivity index (χ1n) is 7.26. The summed E-state index contributed by atoms with van der Waals surface area (Å²) in [5.74, 6) is 1.80. The molecule has 1 aliphatic carbocycles. The Labute approximate surface area is 115 Å². The highest BCUT2D eigenvalue weighted by Gasteiger charge is 2.44. The summed E-state index contributed by atoms with van der Waals surface area (Å²) in [6.07, 6.45) is 4.51. The van der Waals surface area contributed by atoms with Gasteiger partial charge in [-0.3, -0.25) is 0 Å². The van der Waals surface area contributed by atoms with Gasteiger partial charge >= 0.3 is 0 Å². The molecule has 1 saturated heterocycles. The molecule has 1 spiro atoms. The van der Waals surface area contributed by atoms with E-state index in [1.54, 1.807) is 0 Å². The Kier molecular flexibility index (Phi) is 5.36. The molecule has 0 radical (unpaired) electrons. The number of nitrogens with one attached hydrogen (secondary N) is 1. The van der Waals surface area contributed by atoms with E-state index in [0.717, 1.165) is 38.4 Å². The van der Waals surface area contributed by atoms with Gasteiger partial charge in [-0.1, -0.05) is 20.3 Å². The van der Waals surface area contributed by atoms with Crippen molar-refractivity contribution in [3.8, 4) is 0 Å². The molecule has 2 aliphatic rings. The maximum atomic E-state index is 5.87. The van der Waals surface area contributed by atoms with Crippen LogP contribution in [0.2, 0.25) is 0 Å². The molecule has 0 amide bonds. The van der Waals surface area contributed by atoms with Crippen LogP contribution < -0.4 is 5.32 Å². The maximum Gasteiger partial charge on any atom is 0.169 e. The lowest BCUT2D eigenvalue weighted by atomic mass is 9.89. The van der Waals surface area contributed by atoms with Crippen LogP contribution in [0, 0.1) is 5.92 Å². The van der Waals surface area contributed by atoms with Crippen molar-refractivity contribution in [1.29, 1.82) is 0 Å². The lowest BCUT2D eigenvalue weighted by Crippen LogP contribution is -2.49. The van der Waals surface area contributed by atoms with E-state index in [1.165, 1.54) is 12.2 Å². The molecule has 1 saturated carbocycles. The van der Waals surface area contributed by atoms with E-state index in [2.05, 4.69) is 38.0 Å². The van der Waals surface area contributed by atoms with E-state index in [9.17, 15) is 0 Å². The second kappa shape index (κ2) is 6.60. The highest BCUT2D eigenvalue weighted by Crippen LogP contribution is 2.40. The molecule has 106 valence electrons. The van der Waals surface area contributed by atoms with Crippen LogP contribution >= 0.6 is 11.8 Å². The van der Waals surface area contributed by atoms with Gasteiger partial charge in [0.15, 0.2) is 5.79 Å². The summed E-state index contributed by atoms with van der Waals surface area (Å²) in [5.41, 5.74) is 0. The van der Waals surface area contributed by atoms with E-state index < -0.39 is 0 Å². The van der Waals surface area contributed by atoms with E-state index >= 15 is 0 Å². The summed E-state index contributed by atoms with van der Waals surface area (Å²) in [6.45, 7) is 6.15. The normalized spacial score (nSPS) is 32.8. The first kappa shape index (κ1) is 14.6. The molecule has 2 rings (SSSR count). The van der Waals surface area contributed by atoms with Crippen molar-refractivity contribution >= 4 is 11.8 Å². The molecule has 18 heavy (non-hydrogen) atoms. The molecule has 4 heteroatoms. The first-order valence-corrected chi connectivity index (χ1v) is 8.31. The van der Waals surface area contributed by atoms with Crippen LogP contribution in [-0.4, -0.2) is 43.1 Å². The quantitative estimate of drug-likeness (QED) is 0.834. The van der Waals surface area contributed by atoms with E-state index in [-0.39, 0.29) is 5.79 Å². The van der Waals surface area contributed by atoms with Gasteiger partial charge in [0, 0.05) is 24.1 Å². The topological polar surface area (TPSA) is 30.5 Å². The van der Waals surface area contributed by atoms with E-state index in [1.807, 2.05) is 0 Å². The van der Waals surface area contributed by atoms with Crippen LogP contribution in [0.5, 0.6) is 0 Å². The van der Waals surface area contributed by atoms with Crippen LogP contribution in [0.25, 0.3) is 0 Å². The monoisotopic (exact) mass is 273 g/mol. The minimum Gasteiger partial charge on any atom is -0.347 e. The molecule has 3 atom stereocenters. The van der Waals surface area contributed by atoms with Gasteiger partial charge in [-0.25, -0.2) is 0 Å². The van der Waals surface area contributed by atoms with Crippen LogP contribution in [0.15, 0.2) is 0 Å². The van der Waals surface area contributed by atoms with Crippen LogP contribution in [0.1, 0.15) is 39.5 Å². The summed E-state index contributed by atoms with van der Waals surface area (Å²) in [6, 6.07) is 0.609. The molecule has 2 fully saturated rings. The van der Waals surface area contributed by atoms with Gasteiger partial charge < -0.3 is 14.8 Å². The Balaban J connectivity index is 1.90. The second-order valence-corrected chi connectivity index (χ2v) is 6.90. The van der Waals surface area contributed by atoms with Crippen LogP contribution in [0.3, 0.4) is 0 Å². The molecule has 0 aromatic heterocycles. The van der Waals surface area contributed by atoms with Gasteiger partial charge in [-0.15, -0.1) is 0 Å². The average molecular weight is 273 g/mol. The Morgan fingerprint density at radius 2 is 2.11 bits per heavy atom. The van der Waals surface area contributed by atoms with Crippen molar-refractivity contribution in [3.63, 3.8) is 0 Å². The number of rotatable bonds is 5. The van der Waals surface area contributed by atoms with Gasteiger partial charge in [0.05, 0.1) is 13.2 Å². The molecule has 1 heterocycles. The predicted octanol–water partition coefficient (Wildman–Crippen LogP) is 2.65. The predicted molar refractivity (Wildman–Crippen MR) is 77.0 cm³/mol. The minimum atomic E-state index is -0.250. The molecule has 1 aliphatic heterocycles. The third-order valence-corrected chi connectivity index (χ3v) is 5.96. The molecule has 0 aromatic carbocycles. The van der Waals surface area contributed by atoms with E-state index in [4.69, 9.17) is 9.47 Å². The van der Waals surface area contributed by atoms with Gasteiger partial charge in [-0.2, -0.15) is 11.8 Å². The Morgan fingerprint density at radius 1 is 1.39 bits per heavy atom. The molecular weight excluding hydrogens is 246 g/mol. The van der Waals surface area contributed by atoms with Crippen molar-refractivity contribution in [2.45, 2.75) is 56.6 Å². The lowest BCUT2D eigenvalue weighted by molar-refractivity contribution is -0.177. The van der Waals surface area contributed by atoms with Crippen LogP contribution in [-0.2, 0) is 9.47 Å². The van der Waals surface area contributed by atoms with Gasteiger partial charge in [-0.05, 0) is 25.1 Å². The van der Waals surface area contributed by atoms with Crippen molar-refractivity contribution in [2.75, 3.05) is 26.0 Å². The summed E-state index contributed by atoms with van der Waals surface area (Å²) in [7, 11) is 2.08. The molecular formula is C14H27NO2S. The SMILES string of the molecule is CCC(C)CSC1CC2(CCC1NC)OCCO2. The number of thioether (sulfide) groups is 1. The summed E-state index contributed by atoms with van der Waals surface area (Å²) < 4.78 is 11.7. The summed E-state index contributed by atoms with van der Waals surface area (Å²) in [4.78, 5) is 0. The first-order chi connectivity index (χ1) is 8.69.